The number of halogens is 2. The van der Waals surface area contributed by atoms with Crippen LogP contribution >= 0.6 is 11.6 Å². The second-order valence-electron chi connectivity index (χ2n) is 3.62. The minimum absolute atomic E-state index is 0.0773. The summed E-state index contributed by atoms with van der Waals surface area (Å²) in [6.07, 6.45) is 1.42. The first-order valence-corrected chi connectivity index (χ1v) is 5.50. The molecule has 2 rings (SSSR count). The Balaban J connectivity index is 2.19. The number of aromatic nitrogens is 2. The van der Waals surface area contributed by atoms with Crippen LogP contribution < -0.4 is 5.32 Å². The smallest absolute Gasteiger partial charge is 0.258 e. The van der Waals surface area contributed by atoms with Crippen LogP contribution in [-0.4, -0.2) is 15.9 Å². The summed E-state index contributed by atoms with van der Waals surface area (Å²) < 4.78 is 13.3. The third kappa shape index (κ3) is 2.81. The van der Waals surface area contributed by atoms with Crippen molar-refractivity contribution in [2.45, 2.75) is 6.92 Å². The van der Waals surface area contributed by atoms with Crippen LogP contribution in [0.5, 0.6) is 0 Å². The van der Waals surface area contributed by atoms with Gasteiger partial charge in [-0.25, -0.2) is 14.4 Å². The van der Waals surface area contributed by atoms with Crippen LogP contribution in [0, 0.1) is 12.7 Å². The molecule has 0 aliphatic heterocycles. The van der Waals surface area contributed by atoms with Gasteiger partial charge in [0.2, 0.25) is 5.95 Å². The zero-order valence-electron chi connectivity index (χ0n) is 9.45. The monoisotopic (exact) mass is 265 g/mol. The van der Waals surface area contributed by atoms with E-state index in [2.05, 4.69) is 15.3 Å². The fourth-order valence-corrected chi connectivity index (χ4v) is 1.44. The van der Waals surface area contributed by atoms with E-state index in [-0.39, 0.29) is 16.7 Å². The van der Waals surface area contributed by atoms with Gasteiger partial charge in [0.1, 0.15) is 11.0 Å². The van der Waals surface area contributed by atoms with Crippen molar-refractivity contribution >= 4 is 23.5 Å². The highest BCUT2D eigenvalue weighted by atomic mass is 35.5. The molecule has 1 amide bonds. The molecule has 6 heteroatoms. The first-order chi connectivity index (χ1) is 8.56. The van der Waals surface area contributed by atoms with E-state index in [1.54, 1.807) is 6.92 Å². The van der Waals surface area contributed by atoms with Gasteiger partial charge < -0.3 is 0 Å². The maximum atomic E-state index is 13.3. The molecule has 0 spiro atoms. The van der Waals surface area contributed by atoms with E-state index in [4.69, 9.17) is 11.6 Å². The molecular weight excluding hydrogens is 257 g/mol. The van der Waals surface area contributed by atoms with Crippen molar-refractivity contribution in [1.29, 1.82) is 0 Å². The van der Waals surface area contributed by atoms with Crippen LogP contribution in [0.25, 0.3) is 0 Å². The first kappa shape index (κ1) is 12.4. The third-order valence-corrected chi connectivity index (χ3v) is 2.49. The molecule has 1 aromatic carbocycles. The summed E-state index contributed by atoms with van der Waals surface area (Å²) >= 11 is 5.66. The summed E-state index contributed by atoms with van der Waals surface area (Å²) in [5, 5.41) is 2.65. The number of anilines is 1. The van der Waals surface area contributed by atoms with Crippen LogP contribution in [0.2, 0.25) is 5.15 Å². The number of carbonyl (C=O) groups excluding carboxylic acids is 1. The number of nitrogens with one attached hydrogen (secondary N) is 1. The second-order valence-corrected chi connectivity index (χ2v) is 4.01. The highest BCUT2D eigenvalue weighted by Crippen LogP contribution is 2.11. The van der Waals surface area contributed by atoms with E-state index in [0.717, 1.165) is 6.07 Å². The Bertz CT molecular complexity index is 604. The second kappa shape index (κ2) is 5.10. The Morgan fingerprint density at radius 1 is 1.39 bits per heavy atom. The average Bonchev–Trinajstić information content (AvgIpc) is 2.32. The quantitative estimate of drug-likeness (QED) is 0.850. The molecule has 0 bridgehead atoms. The molecule has 0 fully saturated rings. The number of hydrogen-bond donors (Lipinski definition) is 1. The number of rotatable bonds is 2. The van der Waals surface area contributed by atoms with E-state index in [0.29, 0.717) is 5.56 Å². The molecule has 1 N–H and O–H groups in total. The van der Waals surface area contributed by atoms with E-state index in [1.165, 1.54) is 24.4 Å². The van der Waals surface area contributed by atoms with Crippen LogP contribution in [0.3, 0.4) is 0 Å². The van der Waals surface area contributed by atoms with Gasteiger partial charge in [0.25, 0.3) is 5.91 Å². The zero-order valence-corrected chi connectivity index (χ0v) is 10.2. The van der Waals surface area contributed by atoms with E-state index in [9.17, 15) is 9.18 Å². The average molecular weight is 266 g/mol. The van der Waals surface area contributed by atoms with E-state index in [1.807, 2.05) is 0 Å². The zero-order chi connectivity index (χ0) is 13.1. The standard InChI is InChI=1S/C12H9ClFN3O/c1-7-2-3-8(6-9(7)14)11(18)17-12-15-5-4-10(13)16-12/h2-6H,1H3,(H,15,16,17,18). The van der Waals surface area contributed by atoms with Gasteiger partial charge in [-0.2, -0.15) is 0 Å². The van der Waals surface area contributed by atoms with Crippen molar-refractivity contribution in [1.82, 2.24) is 9.97 Å². The van der Waals surface area contributed by atoms with Crippen molar-refractivity contribution in [3.05, 3.63) is 52.6 Å². The van der Waals surface area contributed by atoms with Gasteiger partial charge in [-0.15, -0.1) is 0 Å². The van der Waals surface area contributed by atoms with E-state index < -0.39 is 11.7 Å². The van der Waals surface area contributed by atoms with Crippen molar-refractivity contribution in [3.8, 4) is 0 Å². The summed E-state index contributed by atoms with van der Waals surface area (Å²) in [6, 6.07) is 5.71. The van der Waals surface area contributed by atoms with Crippen LogP contribution in [-0.2, 0) is 0 Å². The molecule has 0 saturated heterocycles. The Labute approximate surface area is 108 Å². The normalized spacial score (nSPS) is 10.2. The molecular formula is C12H9ClFN3O. The van der Waals surface area contributed by atoms with Gasteiger partial charge in [-0.1, -0.05) is 17.7 Å². The van der Waals surface area contributed by atoms with Gasteiger partial charge in [0, 0.05) is 11.8 Å². The number of amides is 1. The van der Waals surface area contributed by atoms with Crippen molar-refractivity contribution in [2.24, 2.45) is 0 Å². The van der Waals surface area contributed by atoms with E-state index >= 15 is 0 Å². The van der Waals surface area contributed by atoms with Crippen LogP contribution in [0.4, 0.5) is 10.3 Å². The molecule has 0 unspecified atom stereocenters. The van der Waals surface area contributed by atoms with Gasteiger partial charge in [0.05, 0.1) is 0 Å². The maximum Gasteiger partial charge on any atom is 0.258 e. The predicted octanol–water partition coefficient (Wildman–Crippen LogP) is 2.83. The highest BCUT2D eigenvalue weighted by Gasteiger charge is 2.09. The summed E-state index contributed by atoms with van der Waals surface area (Å²) in [6.45, 7) is 1.62. The minimum Gasteiger partial charge on any atom is -0.290 e. The molecule has 0 saturated carbocycles. The molecule has 0 atom stereocenters. The predicted molar refractivity (Wildman–Crippen MR) is 66.1 cm³/mol. The number of carbonyl (C=O) groups is 1. The van der Waals surface area contributed by atoms with Gasteiger partial charge in [0.15, 0.2) is 0 Å². The molecule has 4 nitrogen and oxygen atoms in total. The Morgan fingerprint density at radius 2 is 2.17 bits per heavy atom. The fourth-order valence-electron chi connectivity index (χ4n) is 1.30. The molecule has 2 aromatic rings. The number of nitrogens with zero attached hydrogens (tertiary/aromatic N) is 2. The molecule has 0 aliphatic carbocycles. The van der Waals surface area contributed by atoms with Crippen LogP contribution in [0.1, 0.15) is 15.9 Å². The highest BCUT2D eigenvalue weighted by molar-refractivity contribution is 6.29. The number of aryl methyl sites for hydroxylation is 1. The first-order valence-electron chi connectivity index (χ1n) is 5.12. The van der Waals surface area contributed by atoms with Gasteiger partial charge in [-0.3, -0.25) is 10.1 Å². The van der Waals surface area contributed by atoms with Gasteiger partial charge >= 0.3 is 0 Å². The Hall–Kier alpha value is -2.01. The molecule has 1 aromatic heterocycles. The molecule has 0 radical (unpaired) electrons. The summed E-state index contributed by atoms with van der Waals surface area (Å²) in [5.74, 6) is -0.848. The lowest BCUT2D eigenvalue weighted by atomic mass is 10.1. The molecule has 1 heterocycles. The molecule has 18 heavy (non-hydrogen) atoms. The lowest BCUT2D eigenvalue weighted by molar-refractivity contribution is 0.102. The molecule has 92 valence electrons. The van der Waals surface area contributed by atoms with Crippen LogP contribution in [0.15, 0.2) is 30.5 Å². The van der Waals surface area contributed by atoms with Crippen molar-refractivity contribution in [2.75, 3.05) is 5.32 Å². The largest absolute Gasteiger partial charge is 0.290 e. The summed E-state index contributed by atoms with van der Waals surface area (Å²) in [5.41, 5.74) is 0.673. The molecule has 0 aliphatic rings. The lowest BCUT2D eigenvalue weighted by Gasteiger charge is -2.04. The Morgan fingerprint density at radius 3 is 2.83 bits per heavy atom. The SMILES string of the molecule is Cc1ccc(C(=O)Nc2nccc(Cl)n2)cc1F. The fraction of sp³-hybridized carbons (Fsp3) is 0.0833. The van der Waals surface area contributed by atoms with Gasteiger partial charge in [-0.05, 0) is 30.7 Å². The van der Waals surface area contributed by atoms with Crippen molar-refractivity contribution < 1.29 is 9.18 Å². The maximum absolute atomic E-state index is 13.3. The summed E-state index contributed by atoms with van der Waals surface area (Å²) in [7, 11) is 0. The number of hydrogen-bond acceptors (Lipinski definition) is 3. The Kier molecular flexibility index (Phi) is 3.53. The number of benzene rings is 1. The topological polar surface area (TPSA) is 54.9 Å². The summed E-state index contributed by atoms with van der Waals surface area (Å²) in [4.78, 5) is 19.4. The minimum atomic E-state index is -0.490. The third-order valence-electron chi connectivity index (χ3n) is 2.28. The lowest BCUT2D eigenvalue weighted by Crippen LogP contribution is -2.14. The van der Waals surface area contributed by atoms with Crippen molar-refractivity contribution in [3.63, 3.8) is 0 Å².